The van der Waals surface area contributed by atoms with Gasteiger partial charge < -0.3 is 14.6 Å². The summed E-state index contributed by atoms with van der Waals surface area (Å²) >= 11 is 0. The van der Waals surface area contributed by atoms with E-state index < -0.39 is 17.1 Å². The number of phenolic OH excluding ortho intramolecular Hbond substituents is 1. The number of aldehydes is 1. The summed E-state index contributed by atoms with van der Waals surface area (Å²) in [5.41, 5.74) is -0.468. The van der Waals surface area contributed by atoms with E-state index in [1.165, 1.54) is 6.07 Å². The molecule has 1 rings (SSSR count). The molecule has 0 saturated heterocycles. The van der Waals surface area contributed by atoms with E-state index >= 15 is 0 Å². The van der Waals surface area contributed by atoms with Gasteiger partial charge in [-0.15, -0.1) is 0 Å². The maximum atomic E-state index is 11.6. The molecule has 0 spiro atoms. The Hall–Kier alpha value is -2.04. The van der Waals surface area contributed by atoms with Gasteiger partial charge in [0.1, 0.15) is 17.6 Å². The molecular formula is C15H21NO4. The van der Waals surface area contributed by atoms with E-state index in [0.717, 1.165) is 6.29 Å². The second-order valence-electron chi connectivity index (χ2n) is 6.20. The Morgan fingerprint density at radius 1 is 1.25 bits per heavy atom. The van der Waals surface area contributed by atoms with Crippen molar-refractivity contribution in [2.24, 2.45) is 0 Å². The van der Waals surface area contributed by atoms with Crippen LogP contribution in [-0.4, -0.2) is 23.1 Å². The second-order valence-corrected chi connectivity index (χ2v) is 6.20. The fraction of sp³-hybridized carbons (Fsp3) is 0.467. The third-order valence-electron chi connectivity index (χ3n) is 2.63. The van der Waals surface area contributed by atoms with Gasteiger partial charge in [-0.25, -0.2) is 4.79 Å². The summed E-state index contributed by atoms with van der Waals surface area (Å²) in [4.78, 5) is 22.6. The number of anilines is 1. The molecule has 20 heavy (non-hydrogen) atoms. The Morgan fingerprint density at radius 2 is 1.85 bits per heavy atom. The summed E-state index contributed by atoms with van der Waals surface area (Å²) in [7, 11) is 0. The molecule has 0 heterocycles. The van der Waals surface area contributed by atoms with E-state index in [2.05, 4.69) is 5.32 Å². The minimum atomic E-state index is -0.783. The van der Waals surface area contributed by atoms with Crippen LogP contribution in [0, 0.1) is 0 Å². The largest absolute Gasteiger partial charge is 0.508 e. The lowest BCUT2D eigenvalue weighted by atomic mass is 9.85. The molecule has 0 saturated carbocycles. The Bertz CT molecular complexity index is 515. The number of amides is 1. The third kappa shape index (κ3) is 4.26. The standard InChI is InChI=1S/C15H21NO4/c1-14(2,3)20-13(19)16-10-6-7-11(12(18)8-10)15(4,5)9-17/h6-9,18H,1-5H3,(H,16,19). The van der Waals surface area contributed by atoms with E-state index in [9.17, 15) is 14.7 Å². The van der Waals surface area contributed by atoms with Gasteiger partial charge in [0.25, 0.3) is 0 Å². The third-order valence-corrected chi connectivity index (χ3v) is 2.63. The molecule has 0 bridgehead atoms. The summed E-state index contributed by atoms with van der Waals surface area (Å²) in [6.07, 6.45) is 0.169. The number of rotatable bonds is 3. The zero-order valence-corrected chi connectivity index (χ0v) is 12.5. The van der Waals surface area contributed by atoms with Gasteiger partial charge in [-0.1, -0.05) is 6.07 Å². The Labute approximate surface area is 118 Å². The maximum absolute atomic E-state index is 11.6. The van der Waals surface area contributed by atoms with Gasteiger partial charge in [-0.2, -0.15) is 0 Å². The first-order valence-electron chi connectivity index (χ1n) is 6.35. The van der Waals surface area contributed by atoms with Crippen LogP contribution in [0.1, 0.15) is 40.2 Å². The van der Waals surface area contributed by atoms with Crippen molar-refractivity contribution in [2.45, 2.75) is 45.6 Å². The van der Waals surface area contributed by atoms with Gasteiger partial charge >= 0.3 is 6.09 Å². The Morgan fingerprint density at radius 3 is 2.30 bits per heavy atom. The van der Waals surface area contributed by atoms with Gasteiger partial charge in [-0.3, -0.25) is 5.32 Å². The fourth-order valence-electron chi connectivity index (χ4n) is 1.64. The first-order valence-corrected chi connectivity index (χ1v) is 6.35. The molecule has 1 aromatic rings. The van der Waals surface area contributed by atoms with Crippen LogP contribution in [0.15, 0.2) is 18.2 Å². The van der Waals surface area contributed by atoms with E-state index in [1.54, 1.807) is 46.8 Å². The van der Waals surface area contributed by atoms with Crippen molar-refractivity contribution in [1.29, 1.82) is 0 Å². The van der Waals surface area contributed by atoms with Gasteiger partial charge in [0.2, 0.25) is 0 Å². The van der Waals surface area contributed by atoms with Gasteiger partial charge in [-0.05, 0) is 40.7 Å². The molecule has 0 aliphatic heterocycles. The van der Waals surface area contributed by atoms with Crippen LogP contribution in [-0.2, 0) is 14.9 Å². The van der Waals surface area contributed by atoms with E-state index in [0.29, 0.717) is 11.3 Å². The van der Waals surface area contributed by atoms with Gasteiger partial charge in [0.05, 0.1) is 0 Å². The van der Waals surface area contributed by atoms with Gasteiger partial charge in [0, 0.05) is 22.7 Å². The van der Waals surface area contributed by atoms with Crippen molar-refractivity contribution in [2.75, 3.05) is 5.32 Å². The van der Waals surface area contributed by atoms with Crippen LogP contribution in [0.3, 0.4) is 0 Å². The number of nitrogens with one attached hydrogen (secondary N) is 1. The normalized spacial score (nSPS) is 11.8. The topological polar surface area (TPSA) is 75.6 Å². The molecule has 0 unspecified atom stereocenters. The molecule has 0 fully saturated rings. The zero-order valence-electron chi connectivity index (χ0n) is 12.5. The quantitative estimate of drug-likeness (QED) is 0.833. The highest BCUT2D eigenvalue weighted by Gasteiger charge is 2.23. The van der Waals surface area contributed by atoms with Crippen molar-refractivity contribution >= 4 is 18.1 Å². The van der Waals surface area contributed by atoms with Crippen LogP contribution in [0.4, 0.5) is 10.5 Å². The number of ether oxygens (including phenoxy) is 1. The zero-order chi connectivity index (χ0) is 15.6. The summed E-state index contributed by atoms with van der Waals surface area (Å²) in [5.74, 6) is -0.0457. The summed E-state index contributed by atoms with van der Waals surface area (Å²) in [6.45, 7) is 8.70. The Kier molecular flexibility index (Phi) is 4.43. The van der Waals surface area contributed by atoms with E-state index in [1.807, 2.05) is 0 Å². The average molecular weight is 279 g/mol. The predicted octanol–water partition coefficient (Wildman–Crippen LogP) is 3.22. The first kappa shape index (κ1) is 16.0. The van der Waals surface area contributed by atoms with Crippen LogP contribution in [0.2, 0.25) is 0 Å². The number of hydrogen-bond donors (Lipinski definition) is 2. The van der Waals surface area contributed by atoms with Crippen LogP contribution in [0.5, 0.6) is 5.75 Å². The highest BCUT2D eigenvalue weighted by atomic mass is 16.6. The molecule has 0 aliphatic rings. The van der Waals surface area contributed by atoms with Crippen molar-refractivity contribution in [3.63, 3.8) is 0 Å². The molecule has 0 radical (unpaired) electrons. The van der Waals surface area contributed by atoms with Crippen molar-refractivity contribution in [3.8, 4) is 5.75 Å². The molecule has 5 heteroatoms. The number of hydrogen-bond acceptors (Lipinski definition) is 4. The van der Waals surface area contributed by atoms with Crippen LogP contribution < -0.4 is 5.32 Å². The van der Waals surface area contributed by atoms with E-state index in [4.69, 9.17) is 4.74 Å². The number of benzene rings is 1. The first-order chi connectivity index (χ1) is 9.05. The maximum Gasteiger partial charge on any atom is 0.412 e. The molecule has 1 amide bonds. The number of carbonyl (C=O) groups excluding carboxylic acids is 2. The number of carbonyl (C=O) groups is 2. The molecule has 1 aromatic carbocycles. The van der Waals surface area contributed by atoms with Gasteiger partial charge in [0.15, 0.2) is 0 Å². The van der Waals surface area contributed by atoms with Crippen molar-refractivity contribution < 1.29 is 19.4 Å². The molecule has 2 N–H and O–H groups in total. The summed E-state index contributed by atoms with van der Waals surface area (Å²) < 4.78 is 5.11. The lowest BCUT2D eigenvalue weighted by Crippen LogP contribution is -2.27. The molecule has 0 aliphatic carbocycles. The minimum Gasteiger partial charge on any atom is -0.508 e. The lowest BCUT2D eigenvalue weighted by molar-refractivity contribution is -0.111. The molecule has 0 atom stereocenters. The second kappa shape index (κ2) is 5.53. The number of phenols is 1. The smallest absolute Gasteiger partial charge is 0.412 e. The van der Waals surface area contributed by atoms with Crippen LogP contribution in [0.25, 0.3) is 0 Å². The minimum absolute atomic E-state index is 0.0457. The average Bonchev–Trinajstić information content (AvgIpc) is 2.25. The molecule has 110 valence electrons. The SMILES string of the molecule is CC(C)(C)OC(=O)Nc1ccc(C(C)(C)C=O)c(O)c1. The van der Waals surface area contributed by atoms with Crippen molar-refractivity contribution in [3.05, 3.63) is 23.8 Å². The Balaban J connectivity index is 2.89. The molecule has 5 nitrogen and oxygen atoms in total. The highest BCUT2D eigenvalue weighted by molar-refractivity contribution is 5.85. The van der Waals surface area contributed by atoms with Crippen molar-refractivity contribution in [1.82, 2.24) is 0 Å². The molecule has 0 aromatic heterocycles. The fourth-order valence-corrected chi connectivity index (χ4v) is 1.64. The van der Waals surface area contributed by atoms with Crippen LogP contribution >= 0.6 is 0 Å². The number of aromatic hydroxyl groups is 1. The highest BCUT2D eigenvalue weighted by Crippen LogP contribution is 2.31. The predicted molar refractivity (Wildman–Crippen MR) is 77.1 cm³/mol. The summed E-state index contributed by atoms with van der Waals surface area (Å²) in [5, 5.41) is 12.5. The lowest BCUT2D eigenvalue weighted by Gasteiger charge is -2.21. The monoisotopic (exact) mass is 279 g/mol. The summed E-state index contributed by atoms with van der Waals surface area (Å²) in [6, 6.07) is 4.62. The van der Waals surface area contributed by atoms with E-state index in [-0.39, 0.29) is 5.75 Å². The molecular weight excluding hydrogens is 258 g/mol.